The molecular formula is C22H14F6N4O4S. The molecule has 4 aromatic rings. The number of ether oxygens (including phenoxy) is 1. The molecule has 3 heterocycles. The molecule has 0 radical (unpaired) electrons. The summed E-state index contributed by atoms with van der Waals surface area (Å²) in [7, 11) is -4.08. The van der Waals surface area contributed by atoms with Crippen LogP contribution in [-0.4, -0.2) is 40.3 Å². The van der Waals surface area contributed by atoms with Gasteiger partial charge in [-0.2, -0.15) is 23.0 Å². The molecule has 0 atom stereocenters. The fraction of sp³-hybridized carbons (Fsp3) is 0.182. The molecule has 0 aliphatic rings. The molecular weight excluding hydrogens is 530 g/mol. The number of alkyl halides is 6. The Hall–Kier alpha value is -4.01. The highest BCUT2D eigenvalue weighted by Gasteiger charge is 2.33. The van der Waals surface area contributed by atoms with Gasteiger partial charge in [0, 0.05) is 17.1 Å². The number of rotatable bonds is 5. The topological polar surface area (TPSA) is 104 Å². The van der Waals surface area contributed by atoms with Crippen LogP contribution in [0.2, 0.25) is 0 Å². The Bertz CT molecular complexity index is 1650. The number of aromatic nitrogens is 4. The summed E-state index contributed by atoms with van der Waals surface area (Å²) in [6.45, 7) is 1.32. The molecule has 0 saturated carbocycles. The van der Waals surface area contributed by atoms with Gasteiger partial charge in [0.15, 0.2) is 15.7 Å². The lowest BCUT2D eigenvalue weighted by Crippen LogP contribution is -2.25. The third-order valence-corrected chi connectivity index (χ3v) is 6.82. The first-order valence-electron chi connectivity index (χ1n) is 10.3. The van der Waals surface area contributed by atoms with Gasteiger partial charge in [-0.25, -0.2) is 18.4 Å². The highest BCUT2D eigenvalue weighted by atomic mass is 32.2. The molecule has 0 aliphatic heterocycles. The molecule has 15 heteroatoms. The monoisotopic (exact) mass is 544 g/mol. The molecule has 0 amide bonds. The molecule has 0 unspecified atom stereocenters. The second-order valence-electron chi connectivity index (χ2n) is 7.51. The summed E-state index contributed by atoms with van der Waals surface area (Å²) in [6.07, 6.45) is -7.54. The lowest BCUT2D eigenvalue weighted by atomic mass is 10.1. The lowest BCUT2D eigenvalue weighted by Gasteiger charge is -2.13. The Labute approximate surface area is 204 Å². The van der Waals surface area contributed by atoms with Crippen molar-refractivity contribution in [3.8, 4) is 22.7 Å². The van der Waals surface area contributed by atoms with Crippen molar-refractivity contribution in [3.05, 3.63) is 70.9 Å². The molecule has 0 saturated heterocycles. The van der Waals surface area contributed by atoms with E-state index < -0.39 is 61.4 Å². The van der Waals surface area contributed by atoms with E-state index in [2.05, 4.69) is 19.8 Å². The average molecular weight is 544 g/mol. The Morgan fingerprint density at radius 1 is 0.946 bits per heavy atom. The number of hydrogen-bond donors (Lipinski definition) is 0. The smallest absolute Gasteiger partial charge is 0.406 e. The van der Waals surface area contributed by atoms with Gasteiger partial charge in [-0.1, -0.05) is 19.1 Å². The summed E-state index contributed by atoms with van der Waals surface area (Å²) >= 11 is 0. The number of fused-ring (bicyclic) bond motifs is 1. The molecule has 0 N–H and O–H groups in total. The first kappa shape index (κ1) is 26.1. The molecule has 0 aliphatic carbocycles. The standard InChI is InChI=1S/C22H14F6N4O4S/c1-2-37(34,35)16-9-14(12-3-6-15(7-4-12)36-22(26,27)28)10-29-19(16)32-20(33)18-13(11-30-32)5-8-17(31-18)21(23,24)25/h3-11H,2H2,1H3. The zero-order chi connectivity index (χ0) is 27.2. The summed E-state index contributed by atoms with van der Waals surface area (Å²) in [6, 6.07) is 7.34. The minimum Gasteiger partial charge on any atom is -0.406 e. The number of benzene rings is 1. The highest BCUT2D eigenvalue weighted by Crippen LogP contribution is 2.30. The predicted octanol–water partition coefficient (Wildman–Crippen LogP) is 4.55. The van der Waals surface area contributed by atoms with E-state index in [1.807, 2.05) is 0 Å². The van der Waals surface area contributed by atoms with Crippen molar-refractivity contribution < 1.29 is 39.5 Å². The molecule has 0 spiro atoms. The van der Waals surface area contributed by atoms with Gasteiger partial charge in [-0.15, -0.1) is 13.2 Å². The van der Waals surface area contributed by atoms with E-state index in [1.165, 1.54) is 19.1 Å². The number of sulfone groups is 1. The lowest BCUT2D eigenvalue weighted by molar-refractivity contribution is -0.274. The normalized spacial score (nSPS) is 12.6. The van der Waals surface area contributed by atoms with Gasteiger partial charge in [0.25, 0.3) is 5.56 Å². The van der Waals surface area contributed by atoms with Crippen molar-refractivity contribution in [3.63, 3.8) is 0 Å². The Morgan fingerprint density at radius 2 is 1.62 bits per heavy atom. The minimum atomic E-state index is -4.90. The van der Waals surface area contributed by atoms with Crippen molar-refractivity contribution >= 4 is 20.7 Å². The third-order valence-electron chi connectivity index (χ3n) is 5.09. The largest absolute Gasteiger partial charge is 0.573 e. The summed E-state index contributed by atoms with van der Waals surface area (Å²) in [5.74, 6) is -1.41. The summed E-state index contributed by atoms with van der Waals surface area (Å²) in [4.78, 5) is 19.9. The van der Waals surface area contributed by atoms with Crippen molar-refractivity contribution in [2.45, 2.75) is 24.4 Å². The molecule has 1 aromatic carbocycles. The van der Waals surface area contributed by atoms with Crippen LogP contribution < -0.4 is 10.3 Å². The first-order chi connectivity index (χ1) is 17.2. The fourth-order valence-corrected chi connectivity index (χ4v) is 4.35. The zero-order valence-corrected chi connectivity index (χ0v) is 19.3. The van der Waals surface area contributed by atoms with Crippen LogP contribution in [0.15, 0.2) is 64.5 Å². The van der Waals surface area contributed by atoms with Crippen LogP contribution in [-0.2, 0) is 16.0 Å². The average Bonchev–Trinajstić information content (AvgIpc) is 2.83. The van der Waals surface area contributed by atoms with Crippen LogP contribution in [0.5, 0.6) is 5.75 Å². The van der Waals surface area contributed by atoms with E-state index in [-0.39, 0.29) is 16.5 Å². The van der Waals surface area contributed by atoms with Gasteiger partial charge >= 0.3 is 12.5 Å². The van der Waals surface area contributed by atoms with Crippen molar-refractivity contribution in [1.29, 1.82) is 0 Å². The zero-order valence-electron chi connectivity index (χ0n) is 18.5. The van der Waals surface area contributed by atoms with Crippen LogP contribution in [0, 0.1) is 0 Å². The van der Waals surface area contributed by atoms with Crippen molar-refractivity contribution in [1.82, 2.24) is 19.7 Å². The Kier molecular flexibility index (Phi) is 6.44. The van der Waals surface area contributed by atoms with Gasteiger partial charge in [-0.3, -0.25) is 4.79 Å². The van der Waals surface area contributed by atoms with Crippen LogP contribution in [0.25, 0.3) is 27.8 Å². The molecule has 3 aromatic heterocycles. The SMILES string of the molecule is CCS(=O)(=O)c1cc(-c2ccc(OC(F)(F)F)cc2)cnc1-n1ncc2ccc(C(F)(F)F)nc2c1=O. The van der Waals surface area contributed by atoms with E-state index in [9.17, 15) is 39.6 Å². The van der Waals surface area contributed by atoms with E-state index in [0.29, 0.717) is 10.7 Å². The second-order valence-corrected chi connectivity index (χ2v) is 9.76. The van der Waals surface area contributed by atoms with Gasteiger partial charge in [0.05, 0.1) is 11.9 Å². The quantitative estimate of drug-likeness (QED) is 0.340. The molecule has 0 fully saturated rings. The van der Waals surface area contributed by atoms with Crippen LogP contribution in [0.3, 0.4) is 0 Å². The van der Waals surface area contributed by atoms with Crippen molar-refractivity contribution in [2.24, 2.45) is 0 Å². The second kappa shape index (κ2) is 9.14. The number of hydrogen-bond acceptors (Lipinski definition) is 7. The maximum Gasteiger partial charge on any atom is 0.573 e. The number of pyridine rings is 2. The molecule has 4 rings (SSSR count). The summed E-state index contributed by atoms with van der Waals surface area (Å²) in [5, 5.41) is 3.85. The number of halogens is 6. The Morgan fingerprint density at radius 3 is 2.22 bits per heavy atom. The summed E-state index contributed by atoms with van der Waals surface area (Å²) in [5.41, 5.74) is -2.62. The predicted molar refractivity (Wildman–Crippen MR) is 118 cm³/mol. The first-order valence-corrected chi connectivity index (χ1v) is 11.9. The maximum absolute atomic E-state index is 13.1. The minimum absolute atomic E-state index is 0.00747. The van der Waals surface area contributed by atoms with E-state index in [4.69, 9.17) is 0 Å². The van der Waals surface area contributed by atoms with Crippen LogP contribution in [0.1, 0.15) is 12.6 Å². The van der Waals surface area contributed by atoms with Gasteiger partial charge in [0.2, 0.25) is 0 Å². The van der Waals surface area contributed by atoms with E-state index >= 15 is 0 Å². The van der Waals surface area contributed by atoms with Gasteiger partial charge in [-0.05, 0) is 35.9 Å². The highest BCUT2D eigenvalue weighted by molar-refractivity contribution is 7.91. The van der Waals surface area contributed by atoms with Gasteiger partial charge in [0.1, 0.15) is 21.9 Å². The Balaban J connectivity index is 1.87. The van der Waals surface area contributed by atoms with Gasteiger partial charge < -0.3 is 4.74 Å². The van der Waals surface area contributed by atoms with Crippen LogP contribution >= 0.6 is 0 Å². The molecule has 0 bridgehead atoms. The maximum atomic E-state index is 13.1. The molecule has 8 nitrogen and oxygen atoms in total. The molecule has 194 valence electrons. The van der Waals surface area contributed by atoms with Crippen molar-refractivity contribution in [2.75, 3.05) is 5.75 Å². The number of nitrogens with zero attached hydrogens (tertiary/aromatic N) is 4. The van der Waals surface area contributed by atoms with Crippen LogP contribution in [0.4, 0.5) is 26.3 Å². The summed E-state index contributed by atoms with van der Waals surface area (Å²) < 4.78 is 107. The fourth-order valence-electron chi connectivity index (χ4n) is 3.31. The van der Waals surface area contributed by atoms with E-state index in [1.54, 1.807) is 0 Å². The molecule has 37 heavy (non-hydrogen) atoms. The van der Waals surface area contributed by atoms with E-state index in [0.717, 1.165) is 36.7 Å². The third kappa shape index (κ3) is 5.40.